The van der Waals surface area contributed by atoms with E-state index in [9.17, 15) is 4.79 Å². The van der Waals surface area contributed by atoms with Gasteiger partial charge in [-0.25, -0.2) is 0 Å². The second kappa shape index (κ2) is 9.10. The van der Waals surface area contributed by atoms with Crippen molar-refractivity contribution < 1.29 is 18.8 Å². The van der Waals surface area contributed by atoms with Gasteiger partial charge in [-0.2, -0.15) is 4.98 Å². The van der Waals surface area contributed by atoms with Crippen molar-refractivity contribution in [1.29, 1.82) is 0 Å². The van der Waals surface area contributed by atoms with Gasteiger partial charge in [-0.3, -0.25) is 4.79 Å². The van der Waals surface area contributed by atoms with Crippen LogP contribution in [0, 0.1) is 0 Å². The number of aromatic nitrogens is 2. The Morgan fingerprint density at radius 2 is 2.07 bits per heavy atom. The van der Waals surface area contributed by atoms with Gasteiger partial charge in [0, 0.05) is 31.7 Å². The van der Waals surface area contributed by atoms with Crippen molar-refractivity contribution in [2.75, 3.05) is 33.4 Å². The van der Waals surface area contributed by atoms with Crippen LogP contribution in [-0.4, -0.2) is 54.4 Å². The Bertz CT molecular complexity index is 742. The molecule has 0 spiro atoms. The first-order chi connectivity index (χ1) is 13.1. The van der Waals surface area contributed by atoms with Crippen LogP contribution in [0.4, 0.5) is 0 Å². The Morgan fingerprint density at radius 1 is 1.30 bits per heavy atom. The number of likely N-dealkylation sites (tertiary alicyclic amines) is 1. The molecule has 2 aromatic rings. The molecule has 0 bridgehead atoms. The van der Waals surface area contributed by atoms with Crippen LogP contribution in [-0.2, 0) is 16.1 Å². The highest BCUT2D eigenvalue weighted by atomic mass is 16.5. The number of carbonyl (C=O) groups excluding carboxylic acids is 1. The average molecular weight is 373 g/mol. The van der Waals surface area contributed by atoms with E-state index in [1.54, 1.807) is 7.11 Å². The molecule has 7 heteroatoms. The van der Waals surface area contributed by atoms with Crippen LogP contribution >= 0.6 is 0 Å². The molecule has 1 aromatic carbocycles. The first-order valence-corrected chi connectivity index (χ1v) is 9.37. The first-order valence-electron chi connectivity index (χ1n) is 9.37. The van der Waals surface area contributed by atoms with Gasteiger partial charge < -0.3 is 18.9 Å². The second-order valence-corrected chi connectivity index (χ2v) is 7.11. The van der Waals surface area contributed by atoms with E-state index in [0.717, 1.165) is 12.0 Å². The number of amides is 1. The smallest absolute Gasteiger partial charge is 0.253 e. The fourth-order valence-electron chi connectivity index (χ4n) is 3.14. The molecule has 0 saturated carbocycles. The highest BCUT2D eigenvalue weighted by Gasteiger charge is 2.31. The molecule has 1 unspecified atom stereocenters. The van der Waals surface area contributed by atoms with Crippen molar-refractivity contribution in [1.82, 2.24) is 15.0 Å². The molecule has 7 nitrogen and oxygen atoms in total. The van der Waals surface area contributed by atoms with Gasteiger partial charge in [0.15, 0.2) is 5.82 Å². The third-order valence-corrected chi connectivity index (χ3v) is 4.81. The zero-order valence-corrected chi connectivity index (χ0v) is 16.2. The molecule has 146 valence electrons. The lowest BCUT2D eigenvalue weighted by atomic mass is 10.0. The highest BCUT2D eigenvalue weighted by molar-refractivity contribution is 5.94. The summed E-state index contributed by atoms with van der Waals surface area (Å²) in [5.41, 5.74) is 1.96. The maximum Gasteiger partial charge on any atom is 0.253 e. The van der Waals surface area contributed by atoms with E-state index in [1.165, 1.54) is 5.56 Å². The third-order valence-electron chi connectivity index (χ3n) is 4.81. The summed E-state index contributed by atoms with van der Waals surface area (Å²) in [5, 5.41) is 4.06. The van der Waals surface area contributed by atoms with Gasteiger partial charge in [-0.15, -0.1) is 0 Å². The SMILES string of the molecule is COCCOCc1nc(C2CCN(C(=O)c3ccc(C(C)C)cc3)C2)no1. The van der Waals surface area contributed by atoms with Gasteiger partial charge in [0.05, 0.1) is 13.2 Å². The third kappa shape index (κ3) is 4.93. The van der Waals surface area contributed by atoms with Crippen LogP contribution in [0.1, 0.15) is 59.7 Å². The molecule has 1 atom stereocenters. The molecule has 1 aliphatic rings. The van der Waals surface area contributed by atoms with Crippen LogP contribution < -0.4 is 0 Å². The van der Waals surface area contributed by atoms with E-state index in [-0.39, 0.29) is 18.4 Å². The highest BCUT2D eigenvalue weighted by Crippen LogP contribution is 2.26. The molecule has 3 rings (SSSR count). The van der Waals surface area contributed by atoms with E-state index < -0.39 is 0 Å². The lowest BCUT2D eigenvalue weighted by Crippen LogP contribution is -2.28. The summed E-state index contributed by atoms with van der Waals surface area (Å²) in [7, 11) is 1.62. The summed E-state index contributed by atoms with van der Waals surface area (Å²) < 4.78 is 15.6. The van der Waals surface area contributed by atoms with Gasteiger partial charge in [-0.1, -0.05) is 31.1 Å². The zero-order valence-electron chi connectivity index (χ0n) is 16.2. The Kier molecular flexibility index (Phi) is 6.58. The Hall–Kier alpha value is -2.25. The topological polar surface area (TPSA) is 77.7 Å². The summed E-state index contributed by atoms with van der Waals surface area (Å²) in [6.45, 7) is 6.87. The molecule has 0 radical (unpaired) electrons. The monoisotopic (exact) mass is 373 g/mol. The predicted octanol–water partition coefficient (Wildman–Crippen LogP) is 2.99. The van der Waals surface area contributed by atoms with Crippen LogP contribution in [0.25, 0.3) is 0 Å². The first kappa shape index (κ1) is 19.5. The van der Waals surface area contributed by atoms with Gasteiger partial charge in [0.25, 0.3) is 11.8 Å². The molecular formula is C20H27N3O4. The summed E-state index contributed by atoms with van der Waals surface area (Å²) in [5.74, 6) is 1.71. The molecule has 27 heavy (non-hydrogen) atoms. The lowest BCUT2D eigenvalue weighted by molar-refractivity contribution is 0.0494. The van der Waals surface area contributed by atoms with E-state index in [2.05, 4.69) is 24.0 Å². The Balaban J connectivity index is 1.55. The number of methoxy groups -OCH3 is 1. The van der Waals surface area contributed by atoms with Gasteiger partial charge in [-0.05, 0) is 30.0 Å². The molecule has 0 aliphatic carbocycles. The summed E-state index contributed by atoms with van der Waals surface area (Å²) in [6.07, 6.45) is 0.833. The van der Waals surface area contributed by atoms with Crippen molar-refractivity contribution in [2.24, 2.45) is 0 Å². The van der Waals surface area contributed by atoms with E-state index in [1.807, 2.05) is 29.2 Å². The minimum Gasteiger partial charge on any atom is -0.382 e. The molecule has 1 saturated heterocycles. The normalized spacial score (nSPS) is 17.0. The zero-order chi connectivity index (χ0) is 19.2. The molecule has 1 fully saturated rings. The number of hydrogen-bond acceptors (Lipinski definition) is 6. The lowest BCUT2D eigenvalue weighted by Gasteiger charge is -2.16. The number of nitrogens with zero attached hydrogens (tertiary/aromatic N) is 3. The second-order valence-electron chi connectivity index (χ2n) is 7.11. The number of ether oxygens (including phenoxy) is 2. The quantitative estimate of drug-likeness (QED) is 0.662. The molecule has 1 amide bonds. The summed E-state index contributed by atoms with van der Waals surface area (Å²) >= 11 is 0. The van der Waals surface area contributed by atoms with Gasteiger partial charge >= 0.3 is 0 Å². The number of rotatable bonds is 8. The summed E-state index contributed by atoms with van der Waals surface area (Å²) in [6, 6.07) is 7.88. The van der Waals surface area contributed by atoms with Crippen LogP contribution in [0.2, 0.25) is 0 Å². The number of carbonyl (C=O) groups is 1. The van der Waals surface area contributed by atoms with Crippen molar-refractivity contribution in [3.63, 3.8) is 0 Å². The van der Waals surface area contributed by atoms with Crippen molar-refractivity contribution in [3.05, 3.63) is 47.1 Å². The fraction of sp³-hybridized carbons (Fsp3) is 0.550. The molecule has 2 heterocycles. The number of benzene rings is 1. The van der Waals surface area contributed by atoms with Crippen LogP contribution in [0.3, 0.4) is 0 Å². The van der Waals surface area contributed by atoms with E-state index >= 15 is 0 Å². The van der Waals surface area contributed by atoms with Crippen LogP contribution in [0.15, 0.2) is 28.8 Å². The molecule has 1 aromatic heterocycles. The van der Waals surface area contributed by atoms with E-state index in [0.29, 0.717) is 43.9 Å². The molecule has 0 N–H and O–H groups in total. The maximum absolute atomic E-state index is 12.7. The maximum atomic E-state index is 12.7. The van der Waals surface area contributed by atoms with Crippen molar-refractivity contribution >= 4 is 5.91 Å². The van der Waals surface area contributed by atoms with Gasteiger partial charge in [0.2, 0.25) is 0 Å². The van der Waals surface area contributed by atoms with Crippen molar-refractivity contribution in [2.45, 2.75) is 38.7 Å². The Morgan fingerprint density at radius 3 is 2.78 bits per heavy atom. The average Bonchev–Trinajstić information content (AvgIpc) is 3.34. The Labute approximate surface area is 159 Å². The van der Waals surface area contributed by atoms with Crippen LogP contribution in [0.5, 0.6) is 0 Å². The fourth-order valence-corrected chi connectivity index (χ4v) is 3.14. The minimum absolute atomic E-state index is 0.0550. The van der Waals surface area contributed by atoms with Crippen molar-refractivity contribution in [3.8, 4) is 0 Å². The van der Waals surface area contributed by atoms with Gasteiger partial charge in [0.1, 0.15) is 6.61 Å². The largest absolute Gasteiger partial charge is 0.382 e. The predicted molar refractivity (Wildman–Crippen MR) is 99.6 cm³/mol. The molecule has 1 aliphatic heterocycles. The van der Waals surface area contributed by atoms with E-state index in [4.69, 9.17) is 14.0 Å². The summed E-state index contributed by atoms with van der Waals surface area (Å²) in [4.78, 5) is 19.0. The standard InChI is InChI=1S/C20H27N3O4/c1-14(2)15-4-6-16(7-5-15)20(24)23-9-8-17(12-23)19-21-18(27-22-19)13-26-11-10-25-3/h4-7,14,17H,8-13H2,1-3H3. The number of hydrogen-bond donors (Lipinski definition) is 0. The molecular weight excluding hydrogens is 346 g/mol. The minimum atomic E-state index is 0.0550.